The summed E-state index contributed by atoms with van der Waals surface area (Å²) in [6, 6.07) is 6.79. The molecule has 1 unspecified atom stereocenters. The van der Waals surface area contributed by atoms with E-state index in [0.29, 0.717) is 0 Å². The Balaban J connectivity index is 2.44. The molecule has 2 aromatic rings. The monoisotopic (exact) mass is 380 g/mol. The lowest BCUT2D eigenvalue weighted by Gasteiger charge is -2.23. The first-order chi connectivity index (χ1) is 12.5. The van der Waals surface area contributed by atoms with Crippen molar-refractivity contribution < 1.29 is 32.2 Å². The van der Waals surface area contributed by atoms with Crippen LogP contribution in [0.15, 0.2) is 36.4 Å². The van der Waals surface area contributed by atoms with Gasteiger partial charge >= 0.3 is 11.9 Å². The van der Waals surface area contributed by atoms with Gasteiger partial charge in [-0.25, -0.2) is 13.2 Å². The molecule has 0 spiro atoms. The highest BCUT2D eigenvalue weighted by molar-refractivity contribution is 6.01. The Bertz CT molecular complexity index is 872. The van der Waals surface area contributed by atoms with Gasteiger partial charge in [-0.15, -0.1) is 0 Å². The summed E-state index contributed by atoms with van der Waals surface area (Å²) in [6.07, 6.45) is 0. The van der Waals surface area contributed by atoms with Crippen molar-refractivity contribution >= 4 is 11.9 Å². The Morgan fingerprint density at radius 2 is 1.41 bits per heavy atom. The predicted molar refractivity (Wildman–Crippen MR) is 92.4 cm³/mol. The zero-order valence-electron chi connectivity index (χ0n) is 15.3. The summed E-state index contributed by atoms with van der Waals surface area (Å²) < 4.78 is 50.9. The van der Waals surface area contributed by atoms with Gasteiger partial charge in [0, 0.05) is 5.56 Å². The number of hydrogen-bond acceptors (Lipinski definition) is 4. The zero-order chi connectivity index (χ0) is 20.4. The molecular formula is C20H19F3O4. The third-order valence-electron chi connectivity index (χ3n) is 3.64. The van der Waals surface area contributed by atoms with Crippen molar-refractivity contribution in [1.82, 2.24) is 0 Å². The Morgan fingerprint density at radius 3 is 1.89 bits per heavy atom. The molecule has 4 nitrogen and oxygen atoms in total. The highest BCUT2D eigenvalue weighted by Gasteiger charge is 2.35. The number of rotatable bonds is 4. The van der Waals surface area contributed by atoms with E-state index in [1.54, 1.807) is 20.8 Å². The number of benzene rings is 2. The first-order valence-corrected chi connectivity index (χ1v) is 8.09. The number of carbonyl (C=O) groups is 2. The number of carbonyl (C=O) groups excluding carboxylic acids is 2. The minimum absolute atomic E-state index is 0.234. The first-order valence-electron chi connectivity index (χ1n) is 8.09. The van der Waals surface area contributed by atoms with Crippen LogP contribution in [0, 0.1) is 17.5 Å². The summed E-state index contributed by atoms with van der Waals surface area (Å²) in [6.45, 7) is 4.84. The lowest BCUT2D eigenvalue weighted by Crippen LogP contribution is -2.32. The molecule has 0 saturated carbocycles. The molecule has 0 N–H and O–H groups in total. The van der Waals surface area contributed by atoms with Crippen molar-refractivity contribution in [3.63, 3.8) is 0 Å². The molecule has 0 radical (unpaired) electrons. The maximum absolute atomic E-state index is 14.7. The fourth-order valence-corrected chi connectivity index (χ4v) is 2.45. The van der Waals surface area contributed by atoms with Gasteiger partial charge in [0.15, 0.2) is 17.6 Å². The van der Waals surface area contributed by atoms with Gasteiger partial charge in [0.1, 0.15) is 11.4 Å². The Hall–Kier alpha value is -2.83. The smallest absolute Gasteiger partial charge is 0.325 e. The van der Waals surface area contributed by atoms with Gasteiger partial charge in [0.2, 0.25) is 0 Å². The summed E-state index contributed by atoms with van der Waals surface area (Å²) in [5.41, 5.74) is -0.623. The van der Waals surface area contributed by atoms with Crippen LogP contribution in [-0.2, 0) is 19.1 Å². The SMILES string of the molecule is COC(=O)C(C(=O)OC(C)(C)C)c1ccc(-c2ccc(F)c(F)c2)cc1F. The minimum Gasteiger partial charge on any atom is -0.468 e. The number of esters is 2. The average molecular weight is 380 g/mol. The van der Waals surface area contributed by atoms with E-state index < -0.39 is 40.9 Å². The van der Waals surface area contributed by atoms with Gasteiger partial charge in [0.25, 0.3) is 0 Å². The number of ether oxygens (including phenoxy) is 2. The van der Waals surface area contributed by atoms with Crippen LogP contribution in [0.1, 0.15) is 32.3 Å². The summed E-state index contributed by atoms with van der Waals surface area (Å²) in [7, 11) is 1.08. The van der Waals surface area contributed by atoms with Gasteiger partial charge in [0.05, 0.1) is 7.11 Å². The fourth-order valence-electron chi connectivity index (χ4n) is 2.45. The molecule has 0 heterocycles. The summed E-state index contributed by atoms with van der Waals surface area (Å²) in [4.78, 5) is 24.4. The molecule has 0 aromatic heterocycles. The van der Waals surface area contributed by atoms with Crippen LogP contribution >= 0.6 is 0 Å². The second-order valence-electron chi connectivity index (χ2n) is 6.85. The predicted octanol–water partition coefficient (Wildman–Crippen LogP) is 4.37. The molecule has 144 valence electrons. The Labute approximate surface area is 154 Å². The van der Waals surface area contributed by atoms with E-state index in [1.165, 1.54) is 18.2 Å². The largest absolute Gasteiger partial charge is 0.468 e. The third-order valence-corrected chi connectivity index (χ3v) is 3.64. The van der Waals surface area contributed by atoms with Gasteiger partial charge in [-0.2, -0.15) is 0 Å². The molecule has 27 heavy (non-hydrogen) atoms. The van der Waals surface area contributed by atoms with Crippen LogP contribution in [0.3, 0.4) is 0 Å². The van der Waals surface area contributed by atoms with Gasteiger partial charge < -0.3 is 9.47 Å². The van der Waals surface area contributed by atoms with Crippen molar-refractivity contribution in [2.45, 2.75) is 32.3 Å². The van der Waals surface area contributed by atoms with E-state index in [4.69, 9.17) is 4.74 Å². The molecule has 0 aliphatic rings. The first kappa shape index (κ1) is 20.5. The maximum atomic E-state index is 14.7. The molecule has 7 heteroatoms. The normalized spacial score (nSPS) is 12.4. The molecule has 0 aliphatic heterocycles. The van der Waals surface area contributed by atoms with Gasteiger partial charge in [-0.3, -0.25) is 9.59 Å². The van der Waals surface area contributed by atoms with Crippen molar-refractivity contribution in [2.24, 2.45) is 0 Å². The second-order valence-corrected chi connectivity index (χ2v) is 6.85. The lowest BCUT2D eigenvalue weighted by atomic mass is 9.95. The number of hydrogen-bond donors (Lipinski definition) is 0. The summed E-state index contributed by atoms with van der Waals surface area (Å²) >= 11 is 0. The second kappa shape index (κ2) is 7.82. The number of methoxy groups -OCH3 is 1. The van der Waals surface area contributed by atoms with E-state index in [9.17, 15) is 22.8 Å². The molecule has 0 amide bonds. The highest BCUT2D eigenvalue weighted by Crippen LogP contribution is 2.29. The van der Waals surface area contributed by atoms with Crippen molar-refractivity contribution in [3.05, 3.63) is 59.4 Å². The van der Waals surface area contributed by atoms with E-state index in [1.807, 2.05) is 0 Å². The highest BCUT2D eigenvalue weighted by atomic mass is 19.2. The van der Waals surface area contributed by atoms with E-state index in [0.717, 1.165) is 25.3 Å². The molecule has 0 bridgehead atoms. The Kier molecular flexibility index (Phi) is 5.93. The maximum Gasteiger partial charge on any atom is 0.325 e. The van der Waals surface area contributed by atoms with Crippen molar-refractivity contribution in [2.75, 3.05) is 7.11 Å². The van der Waals surface area contributed by atoms with Crippen LogP contribution in [-0.4, -0.2) is 24.6 Å². The fraction of sp³-hybridized carbons (Fsp3) is 0.300. The topological polar surface area (TPSA) is 52.6 Å². The van der Waals surface area contributed by atoms with E-state index >= 15 is 0 Å². The van der Waals surface area contributed by atoms with Crippen LogP contribution in [0.25, 0.3) is 11.1 Å². The molecule has 0 fully saturated rings. The van der Waals surface area contributed by atoms with Crippen molar-refractivity contribution in [1.29, 1.82) is 0 Å². The number of halogens is 3. The van der Waals surface area contributed by atoms with E-state index in [2.05, 4.69) is 4.74 Å². The summed E-state index contributed by atoms with van der Waals surface area (Å²) in [5.74, 6) is -6.49. The van der Waals surface area contributed by atoms with Crippen LogP contribution in [0.5, 0.6) is 0 Å². The zero-order valence-corrected chi connectivity index (χ0v) is 15.3. The van der Waals surface area contributed by atoms with Crippen LogP contribution in [0.4, 0.5) is 13.2 Å². The molecule has 2 rings (SSSR count). The molecule has 0 saturated heterocycles. The quantitative estimate of drug-likeness (QED) is 0.584. The van der Waals surface area contributed by atoms with Gasteiger partial charge in [-0.05, 0) is 50.1 Å². The van der Waals surface area contributed by atoms with Crippen LogP contribution in [0.2, 0.25) is 0 Å². The van der Waals surface area contributed by atoms with Gasteiger partial charge in [-0.1, -0.05) is 18.2 Å². The molecular weight excluding hydrogens is 361 g/mol. The molecule has 1 atom stereocenters. The van der Waals surface area contributed by atoms with E-state index in [-0.39, 0.29) is 16.7 Å². The summed E-state index contributed by atoms with van der Waals surface area (Å²) in [5, 5.41) is 0. The average Bonchev–Trinajstić information content (AvgIpc) is 2.57. The Morgan fingerprint density at radius 1 is 0.852 bits per heavy atom. The molecule has 0 aliphatic carbocycles. The lowest BCUT2D eigenvalue weighted by molar-refractivity contribution is -0.163. The third kappa shape index (κ3) is 4.87. The van der Waals surface area contributed by atoms with Crippen molar-refractivity contribution in [3.8, 4) is 11.1 Å². The minimum atomic E-state index is -1.60. The molecule has 2 aromatic carbocycles. The standard InChI is InChI=1S/C20H19F3O4/c1-20(2,3)27-19(25)17(18(24)26-4)13-7-5-11(9-15(13)22)12-6-8-14(21)16(23)10-12/h5-10,17H,1-4H3. The van der Waals surface area contributed by atoms with Crippen LogP contribution < -0.4 is 0 Å².